The molecule has 9 nitrogen and oxygen atoms in total. The zero-order valence-corrected chi connectivity index (χ0v) is 19.2. The highest BCUT2D eigenvalue weighted by Gasteiger charge is 2.24. The molecule has 0 aliphatic heterocycles. The van der Waals surface area contributed by atoms with Gasteiger partial charge in [0.15, 0.2) is 0 Å². The molecule has 0 fully saturated rings. The average Bonchev–Trinajstić information content (AvgIpc) is 3.28. The van der Waals surface area contributed by atoms with E-state index in [2.05, 4.69) is 5.10 Å². The van der Waals surface area contributed by atoms with E-state index in [1.54, 1.807) is 54.6 Å². The first kappa shape index (κ1) is 22.9. The number of hydrogen-bond donors (Lipinski definition) is 2. The maximum absolute atomic E-state index is 13.3. The number of hydrogen-bond acceptors (Lipinski definition) is 7. The van der Waals surface area contributed by atoms with Gasteiger partial charge in [0, 0.05) is 17.1 Å². The normalized spacial score (nSPS) is 12.0. The fraction of sp³-hybridized carbons (Fsp3) is 0.0833. The van der Waals surface area contributed by atoms with Gasteiger partial charge in [-0.25, -0.2) is 17.2 Å². The summed E-state index contributed by atoms with van der Waals surface area (Å²) in [5, 5.41) is 3.83. The van der Waals surface area contributed by atoms with Crippen LogP contribution in [0.2, 0.25) is 0 Å². The van der Waals surface area contributed by atoms with E-state index in [0.717, 1.165) is 9.54 Å². The second-order valence-electron chi connectivity index (χ2n) is 7.44. The van der Waals surface area contributed by atoms with E-state index in [9.17, 15) is 13.2 Å². The van der Waals surface area contributed by atoms with Gasteiger partial charge in [-0.2, -0.15) is 5.10 Å². The number of carbonyl (C=O) groups excluding carboxylic acids is 1. The van der Waals surface area contributed by atoms with E-state index in [0.29, 0.717) is 22.2 Å². The van der Waals surface area contributed by atoms with Crippen molar-refractivity contribution >= 4 is 32.7 Å². The van der Waals surface area contributed by atoms with Crippen LogP contribution in [0.3, 0.4) is 0 Å². The standard InChI is InChI=1S/C24H22N4O5S/c1-15-6-8-18(9-7-15)34(30,31)28-13-12-19-20(28)10-11-21(22(19)24(29)32-2)33-17-5-3-4-16(14-17)23(25)27-26/h3-14H,26H2,1-2H3,(H2,25,27). The minimum Gasteiger partial charge on any atom is -0.465 e. The Morgan fingerprint density at radius 3 is 2.44 bits per heavy atom. The number of esters is 1. The van der Waals surface area contributed by atoms with Crippen molar-refractivity contribution in [1.82, 2.24) is 3.97 Å². The van der Waals surface area contributed by atoms with Crippen molar-refractivity contribution in [3.8, 4) is 11.5 Å². The number of aryl methyl sites for hydroxylation is 1. The monoisotopic (exact) mass is 478 g/mol. The van der Waals surface area contributed by atoms with E-state index < -0.39 is 16.0 Å². The lowest BCUT2D eigenvalue weighted by Crippen LogP contribution is -2.15. The van der Waals surface area contributed by atoms with E-state index in [-0.39, 0.29) is 22.0 Å². The molecule has 0 unspecified atom stereocenters. The number of fused-ring (bicyclic) bond motifs is 1. The maximum Gasteiger partial charge on any atom is 0.342 e. The van der Waals surface area contributed by atoms with Crippen LogP contribution in [0.15, 0.2) is 82.9 Å². The van der Waals surface area contributed by atoms with Crippen molar-refractivity contribution in [1.29, 1.82) is 0 Å². The summed E-state index contributed by atoms with van der Waals surface area (Å²) in [6.07, 6.45) is 1.40. The Labute approximate surface area is 196 Å². The van der Waals surface area contributed by atoms with Crippen LogP contribution in [0, 0.1) is 6.92 Å². The number of benzene rings is 3. The number of amidine groups is 1. The number of aromatic nitrogens is 1. The van der Waals surface area contributed by atoms with Gasteiger partial charge in [-0.05, 0) is 49.4 Å². The third kappa shape index (κ3) is 4.06. The minimum atomic E-state index is -3.89. The Bertz CT molecular complexity index is 1520. The zero-order chi connectivity index (χ0) is 24.5. The smallest absolute Gasteiger partial charge is 0.342 e. The molecule has 10 heteroatoms. The second-order valence-corrected chi connectivity index (χ2v) is 9.25. The highest BCUT2D eigenvalue weighted by atomic mass is 32.2. The summed E-state index contributed by atoms with van der Waals surface area (Å²) in [7, 11) is -2.65. The fourth-order valence-electron chi connectivity index (χ4n) is 3.52. The number of nitrogens with zero attached hydrogens (tertiary/aromatic N) is 2. The molecule has 4 aromatic rings. The second kappa shape index (κ2) is 8.91. The van der Waals surface area contributed by atoms with E-state index in [4.69, 9.17) is 21.1 Å². The molecule has 0 amide bonds. The van der Waals surface area contributed by atoms with Crippen molar-refractivity contribution in [2.45, 2.75) is 11.8 Å². The van der Waals surface area contributed by atoms with Crippen molar-refractivity contribution in [2.24, 2.45) is 16.7 Å². The number of nitrogens with two attached hydrogens (primary N) is 2. The topological polar surface area (TPSA) is 139 Å². The number of rotatable bonds is 6. The first-order chi connectivity index (χ1) is 16.3. The number of ether oxygens (including phenoxy) is 2. The Hall–Kier alpha value is -4.31. The average molecular weight is 479 g/mol. The van der Waals surface area contributed by atoms with Crippen molar-refractivity contribution in [3.63, 3.8) is 0 Å². The molecule has 3 aromatic carbocycles. The molecular weight excluding hydrogens is 456 g/mol. The van der Waals surface area contributed by atoms with Crippen LogP contribution in [0.5, 0.6) is 11.5 Å². The first-order valence-corrected chi connectivity index (χ1v) is 11.6. The molecule has 34 heavy (non-hydrogen) atoms. The molecular formula is C24H22N4O5S. The molecule has 1 aromatic heterocycles. The third-order valence-electron chi connectivity index (χ3n) is 5.26. The summed E-state index contributed by atoms with van der Waals surface area (Å²) in [4.78, 5) is 12.8. The van der Waals surface area contributed by atoms with Crippen LogP contribution in [-0.2, 0) is 14.8 Å². The van der Waals surface area contributed by atoms with Crippen molar-refractivity contribution < 1.29 is 22.7 Å². The fourth-order valence-corrected chi connectivity index (χ4v) is 4.87. The van der Waals surface area contributed by atoms with Crippen LogP contribution in [0.4, 0.5) is 0 Å². The Morgan fingerprint density at radius 1 is 1.03 bits per heavy atom. The van der Waals surface area contributed by atoms with Gasteiger partial charge in [0.1, 0.15) is 22.9 Å². The van der Waals surface area contributed by atoms with Crippen LogP contribution >= 0.6 is 0 Å². The highest BCUT2D eigenvalue weighted by molar-refractivity contribution is 7.90. The molecule has 0 aliphatic rings. The summed E-state index contributed by atoms with van der Waals surface area (Å²) in [6, 6.07) is 17.8. The van der Waals surface area contributed by atoms with Gasteiger partial charge in [0.05, 0.1) is 17.5 Å². The summed E-state index contributed by atoms with van der Waals surface area (Å²) >= 11 is 0. The Morgan fingerprint density at radius 2 is 1.76 bits per heavy atom. The van der Waals surface area contributed by atoms with Crippen molar-refractivity contribution in [3.05, 3.63) is 89.6 Å². The molecule has 4 N–H and O–H groups in total. The van der Waals surface area contributed by atoms with Crippen LogP contribution in [-0.4, -0.2) is 31.3 Å². The minimum absolute atomic E-state index is 0.0868. The molecule has 1 heterocycles. The van der Waals surface area contributed by atoms with Gasteiger partial charge >= 0.3 is 5.97 Å². The lowest BCUT2D eigenvalue weighted by molar-refractivity contribution is 0.0600. The molecule has 0 saturated heterocycles. The number of hydrazone groups is 1. The SMILES string of the molecule is COC(=O)c1c(Oc2cccc(C(N)=NN)c2)ccc2c1ccn2S(=O)(=O)c1ccc(C)cc1. The van der Waals surface area contributed by atoms with Crippen LogP contribution < -0.4 is 16.3 Å². The highest BCUT2D eigenvalue weighted by Crippen LogP contribution is 2.34. The van der Waals surface area contributed by atoms with E-state index in [1.807, 2.05) is 6.92 Å². The Kier molecular flexibility index (Phi) is 5.99. The van der Waals surface area contributed by atoms with Crippen LogP contribution in [0.25, 0.3) is 10.9 Å². The summed E-state index contributed by atoms with van der Waals surface area (Å²) in [5.41, 5.74) is 7.64. The van der Waals surface area contributed by atoms with Gasteiger partial charge in [-0.1, -0.05) is 29.8 Å². The number of methoxy groups -OCH3 is 1. The molecule has 0 bridgehead atoms. The molecule has 0 radical (unpaired) electrons. The van der Waals surface area contributed by atoms with Gasteiger partial charge in [-0.3, -0.25) is 0 Å². The van der Waals surface area contributed by atoms with Gasteiger partial charge in [0.25, 0.3) is 10.0 Å². The largest absolute Gasteiger partial charge is 0.465 e. The molecule has 0 spiro atoms. The van der Waals surface area contributed by atoms with E-state index >= 15 is 0 Å². The molecule has 0 saturated carbocycles. The first-order valence-electron chi connectivity index (χ1n) is 10.1. The zero-order valence-electron chi connectivity index (χ0n) is 18.4. The third-order valence-corrected chi connectivity index (χ3v) is 6.97. The quantitative estimate of drug-likeness (QED) is 0.142. The predicted octanol–water partition coefficient (Wildman–Crippen LogP) is 3.34. The molecule has 0 atom stereocenters. The summed E-state index contributed by atoms with van der Waals surface area (Å²) in [6.45, 7) is 1.87. The lowest BCUT2D eigenvalue weighted by Gasteiger charge is -2.13. The van der Waals surface area contributed by atoms with Crippen LogP contribution in [0.1, 0.15) is 21.5 Å². The molecule has 174 valence electrons. The Balaban J connectivity index is 1.84. The maximum atomic E-state index is 13.3. The molecule has 4 rings (SSSR count). The van der Waals surface area contributed by atoms with E-state index in [1.165, 1.54) is 25.4 Å². The summed E-state index contributed by atoms with van der Waals surface area (Å²) in [5.74, 6) is 5.25. The molecule has 0 aliphatic carbocycles. The lowest BCUT2D eigenvalue weighted by atomic mass is 10.1. The predicted molar refractivity (Wildman–Crippen MR) is 128 cm³/mol. The van der Waals surface area contributed by atoms with Gasteiger partial charge in [0.2, 0.25) is 0 Å². The summed E-state index contributed by atoms with van der Waals surface area (Å²) < 4.78 is 38.6. The van der Waals surface area contributed by atoms with Gasteiger partial charge in [-0.15, -0.1) is 0 Å². The van der Waals surface area contributed by atoms with Crippen molar-refractivity contribution in [2.75, 3.05) is 7.11 Å². The van der Waals surface area contributed by atoms with Gasteiger partial charge < -0.3 is 21.1 Å². The number of carbonyl (C=O) groups is 1.